The SMILES string of the molecule is Cc1cccc(Nc2ccc(C(=O)Nc3cc(C)on3)nn2)c1. The highest BCUT2D eigenvalue weighted by Gasteiger charge is 2.11. The van der Waals surface area contributed by atoms with Gasteiger partial charge in [-0.1, -0.05) is 17.3 Å². The van der Waals surface area contributed by atoms with Gasteiger partial charge in [-0.15, -0.1) is 10.2 Å². The van der Waals surface area contributed by atoms with Gasteiger partial charge in [-0.2, -0.15) is 0 Å². The molecule has 116 valence electrons. The molecule has 0 spiro atoms. The summed E-state index contributed by atoms with van der Waals surface area (Å²) in [5, 5.41) is 17.3. The molecular weight excluding hydrogens is 294 g/mol. The minimum Gasteiger partial charge on any atom is -0.360 e. The highest BCUT2D eigenvalue weighted by molar-refractivity contribution is 6.02. The normalized spacial score (nSPS) is 10.3. The Balaban J connectivity index is 1.68. The van der Waals surface area contributed by atoms with Gasteiger partial charge >= 0.3 is 0 Å². The standard InChI is InChI=1S/C16H15N5O2/c1-10-4-3-5-12(8-10)17-14-7-6-13(19-20-14)16(22)18-15-9-11(2)23-21-15/h3-9H,1-2H3,(H,17,20)(H,18,21,22). The molecule has 7 nitrogen and oxygen atoms in total. The van der Waals surface area contributed by atoms with Crippen LogP contribution in [0.3, 0.4) is 0 Å². The molecule has 1 amide bonds. The van der Waals surface area contributed by atoms with Gasteiger partial charge in [-0.3, -0.25) is 4.79 Å². The largest absolute Gasteiger partial charge is 0.360 e. The van der Waals surface area contributed by atoms with Gasteiger partial charge in [0, 0.05) is 11.8 Å². The van der Waals surface area contributed by atoms with Crippen LogP contribution in [0, 0.1) is 13.8 Å². The second kappa shape index (κ2) is 6.27. The predicted octanol–water partition coefficient (Wildman–Crippen LogP) is 3.08. The average molecular weight is 309 g/mol. The summed E-state index contributed by atoms with van der Waals surface area (Å²) in [5.41, 5.74) is 2.25. The number of aryl methyl sites for hydroxylation is 2. The molecule has 2 heterocycles. The number of hydrogen-bond donors (Lipinski definition) is 2. The lowest BCUT2D eigenvalue weighted by atomic mass is 10.2. The maximum absolute atomic E-state index is 12.0. The van der Waals surface area contributed by atoms with Gasteiger partial charge in [0.1, 0.15) is 5.76 Å². The molecule has 0 atom stereocenters. The lowest BCUT2D eigenvalue weighted by molar-refractivity contribution is 0.102. The minimum absolute atomic E-state index is 0.195. The van der Waals surface area contributed by atoms with E-state index in [-0.39, 0.29) is 5.69 Å². The molecule has 0 aliphatic rings. The third-order valence-corrected chi connectivity index (χ3v) is 3.06. The fourth-order valence-corrected chi connectivity index (χ4v) is 2.00. The molecule has 0 saturated heterocycles. The van der Waals surface area contributed by atoms with Crippen molar-refractivity contribution in [2.75, 3.05) is 10.6 Å². The molecule has 0 radical (unpaired) electrons. The fraction of sp³-hybridized carbons (Fsp3) is 0.125. The van der Waals surface area contributed by atoms with E-state index in [2.05, 4.69) is 26.0 Å². The van der Waals surface area contributed by atoms with Crippen LogP contribution in [0.4, 0.5) is 17.3 Å². The monoisotopic (exact) mass is 309 g/mol. The Morgan fingerprint density at radius 3 is 2.57 bits per heavy atom. The number of benzene rings is 1. The first-order valence-corrected chi connectivity index (χ1v) is 7.02. The van der Waals surface area contributed by atoms with Crippen molar-refractivity contribution in [3.63, 3.8) is 0 Å². The molecule has 0 bridgehead atoms. The van der Waals surface area contributed by atoms with E-state index < -0.39 is 5.91 Å². The van der Waals surface area contributed by atoms with Crippen LogP contribution < -0.4 is 10.6 Å². The zero-order valence-corrected chi connectivity index (χ0v) is 12.7. The number of amides is 1. The smallest absolute Gasteiger partial charge is 0.277 e. The summed E-state index contributed by atoms with van der Waals surface area (Å²) < 4.78 is 4.89. The molecule has 0 aliphatic heterocycles. The summed E-state index contributed by atoms with van der Waals surface area (Å²) in [5.74, 6) is 1.12. The van der Waals surface area contributed by atoms with Gasteiger partial charge in [0.25, 0.3) is 5.91 Å². The maximum Gasteiger partial charge on any atom is 0.277 e. The van der Waals surface area contributed by atoms with Crippen molar-refractivity contribution in [1.82, 2.24) is 15.4 Å². The highest BCUT2D eigenvalue weighted by atomic mass is 16.5. The molecule has 1 aromatic carbocycles. The molecule has 2 aromatic heterocycles. The topological polar surface area (TPSA) is 92.9 Å². The Bertz CT molecular complexity index is 826. The number of aromatic nitrogens is 3. The van der Waals surface area contributed by atoms with Crippen molar-refractivity contribution in [2.45, 2.75) is 13.8 Å². The number of nitrogens with one attached hydrogen (secondary N) is 2. The summed E-state index contributed by atoms with van der Waals surface area (Å²) in [4.78, 5) is 12.0. The first-order chi connectivity index (χ1) is 11.1. The fourth-order valence-electron chi connectivity index (χ4n) is 2.00. The molecule has 3 aromatic rings. The Morgan fingerprint density at radius 2 is 1.91 bits per heavy atom. The van der Waals surface area contributed by atoms with E-state index >= 15 is 0 Å². The van der Waals surface area contributed by atoms with Gasteiger partial charge in [0.2, 0.25) is 0 Å². The number of hydrogen-bond acceptors (Lipinski definition) is 6. The minimum atomic E-state index is -0.395. The predicted molar refractivity (Wildman–Crippen MR) is 85.7 cm³/mol. The third-order valence-electron chi connectivity index (χ3n) is 3.06. The lowest BCUT2D eigenvalue weighted by Gasteiger charge is -2.06. The molecular formula is C16H15N5O2. The van der Waals surface area contributed by atoms with Crippen LogP contribution >= 0.6 is 0 Å². The van der Waals surface area contributed by atoms with Gasteiger partial charge in [0.05, 0.1) is 0 Å². The van der Waals surface area contributed by atoms with Crippen molar-refractivity contribution in [3.8, 4) is 0 Å². The third kappa shape index (κ3) is 3.70. The Hall–Kier alpha value is -3.22. The van der Waals surface area contributed by atoms with E-state index in [0.717, 1.165) is 11.3 Å². The van der Waals surface area contributed by atoms with Crippen LogP contribution in [0.25, 0.3) is 0 Å². The average Bonchev–Trinajstić information content (AvgIpc) is 2.93. The molecule has 0 unspecified atom stereocenters. The van der Waals surface area contributed by atoms with Crippen molar-refractivity contribution in [1.29, 1.82) is 0 Å². The molecule has 2 N–H and O–H groups in total. The van der Waals surface area contributed by atoms with E-state index in [1.54, 1.807) is 25.1 Å². The number of nitrogens with zero attached hydrogens (tertiary/aromatic N) is 3. The van der Waals surface area contributed by atoms with E-state index in [1.165, 1.54) is 0 Å². The summed E-state index contributed by atoms with van der Waals surface area (Å²) in [6.45, 7) is 3.75. The number of carbonyl (C=O) groups is 1. The van der Waals surface area contributed by atoms with Gasteiger partial charge in [0.15, 0.2) is 17.3 Å². The summed E-state index contributed by atoms with van der Waals surface area (Å²) in [6.07, 6.45) is 0. The highest BCUT2D eigenvalue weighted by Crippen LogP contribution is 2.15. The number of rotatable bonds is 4. The van der Waals surface area contributed by atoms with Crippen molar-refractivity contribution < 1.29 is 9.32 Å². The molecule has 23 heavy (non-hydrogen) atoms. The van der Waals surface area contributed by atoms with E-state index in [9.17, 15) is 4.79 Å². The van der Waals surface area contributed by atoms with E-state index in [1.807, 2.05) is 31.2 Å². The molecule has 0 saturated carbocycles. The Kier molecular flexibility index (Phi) is 4.01. The van der Waals surface area contributed by atoms with Crippen molar-refractivity contribution in [2.24, 2.45) is 0 Å². The molecule has 0 aliphatic carbocycles. The van der Waals surface area contributed by atoms with Gasteiger partial charge in [-0.05, 0) is 43.7 Å². The zero-order valence-electron chi connectivity index (χ0n) is 12.7. The molecule has 0 fully saturated rings. The maximum atomic E-state index is 12.0. The Morgan fingerprint density at radius 1 is 1.04 bits per heavy atom. The number of anilines is 3. The van der Waals surface area contributed by atoms with Crippen molar-refractivity contribution in [3.05, 3.63) is 59.5 Å². The van der Waals surface area contributed by atoms with E-state index in [0.29, 0.717) is 17.4 Å². The van der Waals surface area contributed by atoms with Gasteiger partial charge < -0.3 is 15.2 Å². The van der Waals surface area contributed by atoms with Crippen LogP contribution in [0.5, 0.6) is 0 Å². The van der Waals surface area contributed by atoms with Crippen LogP contribution in [0.2, 0.25) is 0 Å². The summed E-state index contributed by atoms with van der Waals surface area (Å²) >= 11 is 0. The lowest BCUT2D eigenvalue weighted by Crippen LogP contribution is -2.14. The first kappa shape index (κ1) is 14.7. The van der Waals surface area contributed by atoms with Crippen LogP contribution in [0.15, 0.2) is 47.0 Å². The second-order valence-electron chi connectivity index (χ2n) is 5.08. The molecule has 7 heteroatoms. The first-order valence-electron chi connectivity index (χ1n) is 7.02. The summed E-state index contributed by atoms with van der Waals surface area (Å²) in [7, 11) is 0. The van der Waals surface area contributed by atoms with E-state index in [4.69, 9.17) is 4.52 Å². The Labute approximate surface area is 132 Å². The second-order valence-corrected chi connectivity index (χ2v) is 5.08. The van der Waals surface area contributed by atoms with Crippen LogP contribution in [-0.4, -0.2) is 21.3 Å². The van der Waals surface area contributed by atoms with Crippen LogP contribution in [-0.2, 0) is 0 Å². The summed E-state index contributed by atoms with van der Waals surface area (Å²) in [6, 6.07) is 12.8. The van der Waals surface area contributed by atoms with Crippen LogP contribution in [0.1, 0.15) is 21.8 Å². The quantitative estimate of drug-likeness (QED) is 0.769. The molecule has 3 rings (SSSR count). The zero-order chi connectivity index (χ0) is 16.2. The van der Waals surface area contributed by atoms with Crippen molar-refractivity contribution >= 4 is 23.2 Å². The van der Waals surface area contributed by atoms with Gasteiger partial charge in [-0.25, -0.2) is 0 Å². The number of carbonyl (C=O) groups excluding carboxylic acids is 1.